The number of hydrogen-bond donors (Lipinski definition) is 2. The molecule has 7 heteroatoms. The van der Waals surface area contributed by atoms with Crippen molar-refractivity contribution in [3.05, 3.63) is 54.6 Å². The number of para-hydroxylation sites is 1. The van der Waals surface area contributed by atoms with Crippen molar-refractivity contribution in [3.8, 4) is 5.75 Å². The van der Waals surface area contributed by atoms with Crippen LogP contribution in [-0.2, 0) is 14.3 Å². The summed E-state index contributed by atoms with van der Waals surface area (Å²) in [7, 11) is 1.52. The van der Waals surface area contributed by atoms with Crippen LogP contribution in [0.4, 0.5) is 16.2 Å². The molecule has 2 N–H and O–H groups in total. The number of anilines is 2. The Morgan fingerprint density at radius 2 is 1.64 bits per heavy atom. The van der Waals surface area contributed by atoms with Crippen LogP contribution in [0.5, 0.6) is 5.75 Å². The number of amides is 2. The van der Waals surface area contributed by atoms with Gasteiger partial charge in [0.1, 0.15) is 12.4 Å². The largest absolute Gasteiger partial charge is 0.484 e. The Bertz CT molecular complexity index is 691. The lowest BCUT2D eigenvalue weighted by Gasteiger charge is -2.10. The van der Waals surface area contributed by atoms with Crippen LogP contribution < -0.4 is 15.4 Å². The van der Waals surface area contributed by atoms with Gasteiger partial charge in [-0.25, -0.2) is 4.79 Å². The van der Waals surface area contributed by atoms with Gasteiger partial charge in [-0.15, -0.1) is 0 Å². The topological polar surface area (TPSA) is 85.9 Å². The summed E-state index contributed by atoms with van der Waals surface area (Å²) in [6, 6.07) is 15.8. The molecule has 0 saturated heterocycles. The number of nitrogens with one attached hydrogen (secondary N) is 2. The minimum Gasteiger partial charge on any atom is -0.484 e. The van der Waals surface area contributed by atoms with Crippen molar-refractivity contribution >= 4 is 23.4 Å². The minimum absolute atomic E-state index is 0.110. The normalized spacial score (nSPS) is 9.96. The zero-order chi connectivity index (χ0) is 17.9. The summed E-state index contributed by atoms with van der Waals surface area (Å²) in [5.74, 6) is 0.315. The Kier molecular flexibility index (Phi) is 7.27. The van der Waals surface area contributed by atoms with E-state index in [0.29, 0.717) is 23.7 Å². The molecule has 0 aliphatic heterocycles. The predicted molar refractivity (Wildman–Crippen MR) is 93.9 cm³/mol. The van der Waals surface area contributed by atoms with E-state index in [1.54, 1.807) is 36.4 Å². The summed E-state index contributed by atoms with van der Waals surface area (Å²) in [5, 5.41) is 5.28. The molecule has 2 rings (SSSR count). The molecule has 0 aromatic heterocycles. The van der Waals surface area contributed by atoms with Crippen molar-refractivity contribution < 1.29 is 23.8 Å². The van der Waals surface area contributed by atoms with Crippen molar-refractivity contribution in [2.75, 3.05) is 37.6 Å². The molecule has 7 nitrogen and oxygen atoms in total. The van der Waals surface area contributed by atoms with E-state index in [1.165, 1.54) is 7.11 Å². The highest BCUT2D eigenvalue weighted by atomic mass is 16.6. The van der Waals surface area contributed by atoms with Crippen LogP contribution in [0.3, 0.4) is 0 Å². The second-order valence-electron chi connectivity index (χ2n) is 4.98. The molecular weight excluding hydrogens is 324 g/mol. The zero-order valence-electron chi connectivity index (χ0n) is 13.9. The molecular formula is C18H20N2O5. The lowest BCUT2D eigenvalue weighted by Crippen LogP contribution is -2.20. The first-order valence-electron chi connectivity index (χ1n) is 7.68. The SMILES string of the molecule is COCCOC(=O)Nc1cccc(NC(=O)COc2ccccc2)c1. The van der Waals surface area contributed by atoms with Crippen molar-refractivity contribution in [1.29, 1.82) is 0 Å². The zero-order valence-corrected chi connectivity index (χ0v) is 13.9. The third-order valence-electron chi connectivity index (χ3n) is 3.03. The molecule has 0 bridgehead atoms. The Labute approximate surface area is 145 Å². The van der Waals surface area contributed by atoms with Crippen LogP contribution in [0.1, 0.15) is 0 Å². The number of benzene rings is 2. The van der Waals surface area contributed by atoms with Gasteiger partial charge in [0.05, 0.1) is 6.61 Å². The van der Waals surface area contributed by atoms with Crippen molar-refractivity contribution in [2.45, 2.75) is 0 Å². The van der Waals surface area contributed by atoms with Gasteiger partial charge in [0.15, 0.2) is 6.61 Å². The third-order valence-corrected chi connectivity index (χ3v) is 3.03. The lowest BCUT2D eigenvalue weighted by atomic mass is 10.2. The van der Waals surface area contributed by atoms with E-state index in [9.17, 15) is 9.59 Å². The minimum atomic E-state index is -0.590. The Balaban J connectivity index is 1.81. The smallest absolute Gasteiger partial charge is 0.411 e. The first kappa shape index (κ1) is 18.3. The Morgan fingerprint density at radius 3 is 2.36 bits per heavy atom. The van der Waals surface area contributed by atoms with Gasteiger partial charge in [0.25, 0.3) is 5.91 Å². The molecule has 2 amide bonds. The van der Waals surface area contributed by atoms with Crippen molar-refractivity contribution in [2.24, 2.45) is 0 Å². The van der Waals surface area contributed by atoms with E-state index in [-0.39, 0.29) is 19.1 Å². The van der Waals surface area contributed by atoms with E-state index in [1.807, 2.05) is 18.2 Å². The Hall–Kier alpha value is -3.06. The van der Waals surface area contributed by atoms with Crippen LogP contribution in [-0.4, -0.2) is 38.9 Å². The van der Waals surface area contributed by atoms with E-state index in [2.05, 4.69) is 10.6 Å². The first-order valence-corrected chi connectivity index (χ1v) is 7.68. The van der Waals surface area contributed by atoms with Gasteiger partial charge in [0, 0.05) is 18.5 Å². The highest BCUT2D eigenvalue weighted by molar-refractivity contribution is 5.93. The molecule has 0 atom stereocenters. The summed E-state index contributed by atoms with van der Waals surface area (Å²) in [4.78, 5) is 23.5. The molecule has 0 saturated carbocycles. The van der Waals surface area contributed by atoms with Gasteiger partial charge < -0.3 is 19.5 Å². The molecule has 0 radical (unpaired) electrons. The lowest BCUT2D eigenvalue weighted by molar-refractivity contribution is -0.118. The highest BCUT2D eigenvalue weighted by Gasteiger charge is 2.06. The van der Waals surface area contributed by atoms with Crippen molar-refractivity contribution in [3.63, 3.8) is 0 Å². The van der Waals surface area contributed by atoms with Crippen LogP contribution >= 0.6 is 0 Å². The molecule has 2 aromatic rings. The Morgan fingerprint density at radius 1 is 0.920 bits per heavy atom. The second kappa shape index (κ2) is 9.94. The van der Waals surface area contributed by atoms with Gasteiger partial charge in [-0.2, -0.15) is 0 Å². The highest BCUT2D eigenvalue weighted by Crippen LogP contribution is 2.15. The number of carbonyl (C=O) groups excluding carboxylic acids is 2. The molecule has 0 aliphatic carbocycles. The standard InChI is InChI=1S/C18H20N2O5/c1-23-10-11-24-18(22)20-15-7-5-6-14(12-15)19-17(21)13-25-16-8-3-2-4-9-16/h2-9,12H,10-11,13H2,1H3,(H,19,21)(H,20,22). The third kappa shape index (κ3) is 6.92. The van der Waals surface area contributed by atoms with E-state index < -0.39 is 6.09 Å². The van der Waals surface area contributed by atoms with Crippen molar-refractivity contribution in [1.82, 2.24) is 0 Å². The molecule has 2 aromatic carbocycles. The van der Waals surface area contributed by atoms with Gasteiger partial charge in [-0.3, -0.25) is 10.1 Å². The number of rotatable bonds is 8. The summed E-state index contributed by atoms with van der Waals surface area (Å²) < 4.78 is 15.1. The van der Waals surface area contributed by atoms with Crippen LogP contribution in [0.15, 0.2) is 54.6 Å². The monoisotopic (exact) mass is 344 g/mol. The molecule has 0 spiro atoms. The first-order chi connectivity index (χ1) is 12.2. The second-order valence-corrected chi connectivity index (χ2v) is 4.98. The molecule has 0 aliphatic rings. The summed E-state index contributed by atoms with van der Waals surface area (Å²) >= 11 is 0. The van der Waals surface area contributed by atoms with Gasteiger partial charge in [0.2, 0.25) is 0 Å². The van der Waals surface area contributed by atoms with E-state index in [0.717, 1.165) is 0 Å². The maximum atomic E-state index is 11.9. The fraction of sp³-hybridized carbons (Fsp3) is 0.222. The summed E-state index contributed by atoms with van der Waals surface area (Å²) in [5.41, 5.74) is 1.04. The van der Waals surface area contributed by atoms with E-state index in [4.69, 9.17) is 14.2 Å². The predicted octanol–water partition coefficient (Wildman–Crippen LogP) is 2.90. The number of ether oxygens (including phenoxy) is 3. The average Bonchev–Trinajstić information content (AvgIpc) is 2.61. The van der Waals surface area contributed by atoms with Crippen LogP contribution in [0.2, 0.25) is 0 Å². The molecule has 25 heavy (non-hydrogen) atoms. The van der Waals surface area contributed by atoms with Gasteiger partial charge in [-0.1, -0.05) is 24.3 Å². The molecule has 132 valence electrons. The fourth-order valence-corrected chi connectivity index (χ4v) is 1.91. The molecule has 0 unspecified atom stereocenters. The van der Waals surface area contributed by atoms with Crippen LogP contribution in [0.25, 0.3) is 0 Å². The maximum absolute atomic E-state index is 11.9. The van der Waals surface area contributed by atoms with Gasteiger partial charge >= 0.3 is 6.09 Å². The molecule has 0 fully saturated rings. The fourth-order valence-electron chi connectivity index (χ4n) is 1.91. The average molecular weight is 344 g/mol. The number of hydrogen-bond acceptors (Lipinski definition) is 5. The van der Waals surface area contributed by atoms with E-state index >= 15 is 0 Å². The molecule has 0 heterocycles. The summed E-state index contributed by atoms with van der Waals surface area (Å²) in [6.45, 7) is 0.376. The quantitative estimate of drug-likeness (QED) is 0.719. The maximum Gasteiger partial charge on any atom is 0.411 e. The van der Waals surface area contributed by atoms with Gasteiger partial charge in [-0.05, 0) is 30.3 Å². The summed E-state index contributed by atoms with van der Waals surface area (Å²) in [6.07, 6.45) is -0.590. The van der Waals surface area contributed by atoms with Crippen LogP contribution in [0, 0.1) is 0 Å². The number of carbonyl (C=O) groups is 2. The number of methoxy groups -OCH3 is 1.